The van der Waals surface area contributed by atoms with Crippen LogP contribution in [0, 0.1) is 0 Å². The standard InChI is InChI=1S/C80H151NO5/c1-3-5-7-9-11-13-15-17-18-42-45-49-52-56-60-64-68-72-78(83)77(76-82)81-79(84)73-69-65-61-57-53-50-46-43-40-38-36-34-32-30-28-26-24-22-20-19-21-23-25-27-29-31-33-35-37-39-41-44-47-51-55-59-63-67-71-75-86-80(85)74-70-66-62-58-54-48-16-14-12-10-8-6-4-2/h14,16,19-20,23,25,68,72,77-78,82-83H,3-13,15,17-18,21-22,24,26-67,69-71,73-76H2,1-2H3,(H,81,84)/b16-14-,20-19-,25-23-,72-68+. The largest absolute Gasteiger partial charge is 0.466 e. The molecule has 0 fully saturated rings. The molecule has 0 aliphatic carbocycles. The van der Waals surface area contributed by atoms with Crippen molar-refractivity contribution in [3.63, 3.8) is 0 Å². The molecule has 1 amide bonds. The summed E-state index contributed by atoms with van der Waals surface area (Å²) in [5.74, 6) is -0.0508. The van der Waals surface area contributed by atoms with E-state index in [1.165, 1.54) is 347 Å². The van der Waals surface area contributed by atoms with Gasteiger partial charge in [0.1, 0.15) is 0 Å². The summed E-state index contributed by atoms with van der Waals surface area (Å²) < 4.78 is 5.48. The third-order valence-electron chi connectivity index (χ3n) is 18.1. The molecular formula is C80H151NO5. The van der Waals surface area contributed by atoms with Crippen LogP contribution in [0.4, 0.5) is 0 Å². The molecule has 0 aromatic carbocycles. The van der Waals surface area contributed by atoms with E-state index in [1.807, 2.05) is 6.08 Å². The van der Waals surface area contributed by atoms with Gasteiger partial charge in [-0.2, -0.15) is 0 Å². The Kier molecular flexibility index (Phi) is 73.4. The fraction of sp³-hybridized carbons (Fsp3) is 0.875. The number of carbonyl (C=O) groups is 2. The second kappa shape index (κ2) is 75.3. The number of hydrogen-bond acceptors (Lipinski definition) is 5. The number of rotatable bonds is 73. The maximum absolute atomic E-state index is 12.5. The predicted molar refractivity (Wildman–Crippen MR) is 379 cm³/mol. The molecule has 0 aromatic rings. The van der Waals surface area contributed by atoms with Crippen LogP contribution in [0.5, 0.6) is 0 Å². The summed E-state index contributed by atoms with van der Waals surface area (Å²) >= 11 is 0. The SMILES string of the molecule is CCCCCC/C=C\CCCCCCCC(=O)OCCCCCCCCCCCCCCCCC/C=C\C/C=C\CCCCCCCCCCCCCCCCCCCC(=O)NC(CO)C(O)/C=C/CCCCCCCCCCCCCCCCC. The van der Waals surface area contributed by atoms with Gasteiger partial charge in [0, 0.05) is 12.8 Å². The zero-order valence-electron chi connectivity index (χ0n) is 58.1. The molecule has 0 aliphatic rings. The number of carbonyl (C=O) groups excluding carboxylic acids is 2. The molecule has 2 atom stereocenters. The minimum Gasteiger partial charge on any atom is -0.466 e. The average Bonchev–Trinajstić information content (AvgIpc) is 3.59. The van der Waals surface area contributed by atoms with Crippen molar-refractivity contribution in [1.82, 2.24) is 5.32 Å². The quantitative estimate of drug-likeness (QED) is 0.0320. The van der Waals surface area contributed by atoms with E-state index in [-0.39, 0.29) is 18.5 Å². The van der Waals surface area contributed by atoms with E-state index < -0.39 is 12.1 Å². The molecule has 0 aromatic heterocycles. The Bertz CT molecular complexity index is 1440. The molecule has 506 valence electrons. The van der Waals surface area contributed by atoms with Gasteiger partial charge in [0.05, 0.1) is 25.4 Å². The summed E-state index contributed by atoms with van der Waals surface area (Å²) in [6.45, 7) is 4.92. The highest BCUT2D eigenvalue weighted by Crippen LogP contribution is 2.19. The molecule has 0 saturated carbocycles. The summed E-state index contributed by atoms with van der Waals surface area (Å²) in [5, 5.41) is 23.2. The third-order valence-corrected chi connectivity index (χ3v) is 18.1. The Morgan fingerprint density at radius 2 is 0.581 bits per heavy atom. The van der Waals surface area contributed by atoms with Crippen LogP contribution in [-0.4, -0.2) is 47.4 Å². The molecule has 0 saturated heterocycles. The van der Waals surface area contributed by atoms with Gasteiger partial charge >= 0.3 is 5.97 Å². The maximum atomic E-state index is 12.5. The lowest BCUT2D eigenvalue weighted by Gasteiger charge is -2.20. The van der Waals surface area contributed by atoms with Crippen LogP contribution in [0.25, 0.3) is 0 Å². The summed E-state index contributed by atoms with van der Waals surface area (Å²) in [7, 11) is 0. The third kappa shape index (κ3) is 70.9. The number of unbranched alkanes of at least 4 members (excludes halogenated alkanes) is 56. The number of aliphatic hydroxyl groups excluding tert-OH is 2. The van der Waals surface area contributed by atoms with Gasteiger partial charge in [-0.15, -0.1) is 0 Å². The molecule has 0 rings (SSSR count). The highest BCUT2D eigenvalue weighted by molar-refractivity contribution is 5.76. The van der Waals surface area contributed by atoms with E-state index in [2.05, 4.69) is 55.6 Å². The fourth-order valence-electron chi connectivity index (χ4n) is 12.1. The van der Waals surface area contributed by atoms with Gasteiger partial charge in [0.2, 0.25) is 5.91 Å². The molecule has 0 bridgehead atoms. The van der Waals surface area contributed by atoms with E-state index in [1.54, 1.807) is 6.08 Å². The van der Waals surface area contributed by atoms with Gasteiger partial charge < -0.3 is 20.3 Å². The van der Waals surface area contributed by atoms with Gasteiger partial charge in [-0.3, -0.25) is 9.59 Å². The van der Waals surface area contributed by atoms with Gasteiger partial charge in [0.25, 0.3) is 0 Å². The monoisotopic (exact) mass is 1210 g/mol. The van der Waals surface area contributed by atoms with Crippen LogP contribution in [0.3, 0.4) is 0 Å². The lowest BCUT2D eigenvalue weighted by atomic mass is 10.0. The number of nitrogens with one attached hydrogen (secondary N) is 1. The number of ether oxygens (including phenoxy) is 1. The number of hydrogen-bond donors (Lipinski definition) is 3. The van der Waals surface area contributed by atoms with Crippen LogP contribution >= 0.6 is 0 Å². The highest BCUT2D eigenvalue weighted by atomic mass is 16.5. The van der Waals surface area contributed by atoms with Crippen molar-refractivity contribution in [3.05, 3.63) is 48.6 Å². The first-order valence-electron chi connectivity index (χ1n) is 38.9. The van der Waals surface area contributed by atoms with Crippen molar-refractivity contribution in [1.29, 1.82) is 0 Å². The Labute approximate surface area is 537 Å². The van der Waals surface area contributed by atoms with E-state index in [0.29, 0.717) is 19.4 Å². The minimum absolute atomic E-state index is 0.0111. The van der Waals surface area contributed by atoms with Crippen molar-refractivity contribution in [3.8, 4) is 0 Å². The van der Waals surface area contributed by atoms with Crippen molar-refractivity contribution in [2.24, 2.45) is 0 Å². The molecule has 3 N–H and O–H groups in total. The lowest BCUT2D eigenvalue weighted by molar-refractivity contribution is -0.143. The Balaban J connectivity index is 3.37. The van der Waals surface area contributed by atoms with Crippen molar-refractivity contribution < 1.29 is 24.5 Å². The molecular weight excluding hydrogens is 1050 g/mol. The topological polar surface area (TPSA) is 95.9 Å². The molecule has 2 unspecified atom stereocenters. The summed E-state index contributed by atoms with van der Waals surface area (Å²) in [6, 6.07) is -0.626. The second-order valence-electron chi connectivity index (χ2n) is 26.7. The Morgan fingerprint density at radius 3 is 0.907 bits per heavy atom. The fourth-order valence-corrected chi connectivity index (χ4v) is 12.1. The first-order chi connectivity index (χ1) is 42.5. The number of amides is 1. The summed E-state index contributed by atoms with van der Waals surface area (Å²) in [4.78, 5) is 24.6. The van der Waals surface area contributed by atoms with Crippen LogP contribution < -0.4 is 5.32 Å². The number of aliphatic hydroxyl groups is 2. The molecule has 0 spiro atoms. The van der Waals surface area contributed by atoms with Gasteiger partial charge in [0.15, 0.2) is 0 Å². The van der Waals surface area contributed by atoms with Gasteiger partial charge in [-0.1, -0.05) is 371 Å². The molecule has 86 heavy (non-hydrogen) atoms. The maximum Gasteiger partial charge on any atom is 0.305 e. The smallest absolute Gasteiger partial charge is 0.305 e. The predicted octanol–water partition coefficient (Wildman–Crippen LogP) is 25.6. The first-order valence-corrected chi connectivity index (χ1v) is 38.9. The average molecular weight is 1210 g/mol. The van der Waals surface area contributed by atoms with Crippen molar-refractivity contribution in [2.45, 2.75) is 437 Å². The van der Waals surface area contributed by atoms with Crippen LogP contribution in [0.2, 0.25) is 0 Å². The molecule has 0 radical (unpaired) electrons. The van der Waals surface area contributed by atoms with Crippen LogP contribution in [0.15, 0.2) is 48.6 Å². The van der Waals surface area contributed by atoms with Crippen LogP contribution in [-0.2, 0) is 14.3 Å². The van der Waals surface area contributed by atoms with E-state index in [4.69, 9.17) is 4.74 Å². The first kappa shape index (κ1) is 83.8. The minimum atomic E-state index is -0.843. The van der Waals surface area contributed by atoms with Crippen LogP contribution in [0.1, 0.15) is 425 Å². The van der Waals surface area contributed by atoms with Gasteiger partial charge in [-0.25, -0.2) is 0 Å². The van der Waals surface area contributed by atoms with E-state index >= 15 is 0 Å². The van der Waals surface area contributed by atoms with E-state index in [9.17, 15) is 19.8 Å². The van der Waals surface area contributed by atoms with E-state index in [0.717, 1.165) is 51.4 Å². The van der Waals surface area contributed by atoms with Crippen molar-refractivity contribution in [2.75, 3.05) is 13.2 Å². The molecule has 0 aliphatic heterocycles. The Morgan fingerprint density at radius 1 is 0.326 bits per heavy atom. The number of allylic oxidation sites excluding steroid dienone is 7. The number of esters is 1. The van der Waals surface area contributed by atoms with Gasteiger partial charge in [-0.05, 0) is 89.9 Å². The zero-order valence-corrected chi connectivity index (χ0v) is 58.1. The molecule has 0 heterocycles. The second-order valence-corrected chi connectivity index (χ2v) is 26.7. The lowest BCUT2D eigenvalue weighted by Crippen LogP contribution is -2.45. The Hall–Kier alpha value is -2.18. The normalized spacial score (nSPS) is 12.7. The highest BCUT2D eigenvalue weighted by Gasteiger charge is 2.18. The molecule has 6 heteroatoms. The zero-order chi connectivity index (χ0) is 62.0. The summed E-state index contributed by atoms with van der Waals surface area (Å²) in [6.07, 6.45) is 99.5. The molecule has 6 nitrogen and oxygen atoms in total. The van der Waals surface area contributed by atoms with Crippen molar-refractivity contribution >= 4 is 11.9 Å². The summed E-state index contributed by atoms with van der Waals surface area (Å²) in [5.41, 5.74) is 0.